The number of benzene rings is 2. The summed E-state index contributed by atoms with van der Waals surface area (Å²) in [5.74, 6) is 0.0164. The first-order valence-electron chi connectivity index (χ1n) is 9.21. The molecule has 142 valence electrons. The lowest BCUT2D eigenvalue weighted by molar-refractivity contribution is -0.883. The Morgan fingerprint density at radius 3 is 2.19 bits per heavy atom. The summed E-state index contributed by atoms with van der Waals surface area (Å²) in [5.41, 5.74) is 4.39. The fourth-order valence-electron chi connectivity index (χ4n) is 2.99. The van der Waals surface area contributed by atoms with Gasteiger partial charge in [0.25, 0.3) is 0 Å². The molecule has 0 bridgehead atoms. The standard InChI is InChI=1S/C23H28N2OS/c1-23(2,3)18-12-10-16(11-13-18)22-21(17-8-7-9-19(26)14-17)24-20(27-22)15-25(4,5)6/h7-14H,15H2,1-6H3. The monoisotopic (exact) mass is 380 g/mol. The number of thiazole rings is 1. The molecule has 0 unspecified atom stereocenters. The number of hydrogen-bond donors (Lipinski definition) is 0. The van der Waals surface area contributed by atoms with Gasteiger partial charge in [0.1, 0.15) is 11.6 Å². The zero-order valence-electron chi connectivity index (χ0n) is 17.0. The number of nitrogens with zero attached hydrogens (tertiary/aromatic N) is 2. The molecule has 3 nitrogen and oxygen atoms in total. The summed E-state index contributed by atoms with van der Waals surface area (Å²) in [7, 11) is 6.49. The smallest absolute Gasteiger partial charge is 0.148 e. The Kier molecular flexibility index (Phi) is 5.15. The predicted molar refractivity (Wildman–Crippen MR) is 113 cm³/mol. The Morgan fingerprint density at radius 2 is 1.63 bits per heavy atom. The second kappa shape index (κ2) is 7.10. The Morgan fingerprint density at radius 1 is 0.963 bits per heavy atom. The van der Waals surface area contributed by atoms with Gasteiger partial charge >= 0.3 is 0 Å². The number of hydrogen-bond acceptors (Lipinski definition) is 3. The largest absolute Gasteiger partial charge is 0.872 e. The highest BCUT2D eigenvalue weighted by Crippen LogP contribution is 2.38. The number of aromatic nitrogens is 1. The molecular formula is C23H28N2OS. The van der Waals surface area contributed by atoms with Crippen molar-refractivity contribution in [3.05, 3.63) is 59.1 Å². The van der Waals surface area contributed by atoms with Crippen LogP contribution in [0.1, 0.15) is 31.3 Å². The average Bonchev–Trinajstić information content (AvgIpc) is 2.96. The van der Waals surface area contributed by atoms with Gasteiger partial charge < -0.3 is 9.59 Å². The SMILES string of the molecule is CC(C)(C)c1ccc(-c2sc(C[N+](C)(C)C)nc2-c2cccc([O-])c2)cc1. The van der Waals surface area contributed by atoms with Crippen molar-refractivity contribution in [1.82, 2.24) is 4.98 Å². The Bertz CT molecular complexity index is 928. The molecule has 2 aromatic carbocycles. The van der Waals surface area contributed by atoms with Gasteiger partial charge in [0, 0.05) is 5.56 Å². The van der Waals surface area contributed by atoms with Crippen molar-refractivity contribution in [2.45, 2.75) is 32.7 Å². The maximum Gasteiger partial charge on any atom is 0.148 e. The quantitative estimate of drug-likeness (QED) is 0.594. The normalized spacial score (nSPS) is 12.4. The summed E-state index contributed by atoms with van der Waals surface area (Å²) in [6.07, 6.45) is 0. The molecule has 3 rings (SSSR count). The Labute approximate surface area is 166 Å². The van der Waals surface area contributed by atoms with Crippen LogP contribution in [0.15, 0.2) is 48.5 Å². The molecule has 0 atom stereocenters. The highest BCUT2D eigenvalue weighted by Gasteiger charge is 2.20. The van der Waals surface area contributed by atoms with Crippen LogP contribution in [0.2, 0.25) is 0 Å². The van der Waals surface area contributed by atoms with E-state index in [4.69, 9.17) is 4.98 Å². The maximum atomic E-state index is 11.9. The Balaban J connectivity index is 2.10. The van der Waals surface area contributed by atoms with E-state index < -0.39 is 0 Å². The second-order valence-electron chi connectivity index (χ2n) is 9.09. The first-order chi connectivity index (χ1) is 12.5. The third-order valence-corrected chi connectivity index (χ3v) is 5.49. The van der Waals surface area contributed by atoms with Gasteiger partial charge in [-0.2, -0.15) is 0 Å². The van der Waals surface area contributed by atoms with Crippen molar-refractivity contribution in [3.63, 3.8) is 0 Å². The fourth-order valence-corrected chi connectivity index (χ4v) is 4.33. The van der Waals surface area contributed by atoms with E-state index in [1.54, 1.807) is 23.5 Å². The minimum atomic E-state index is 0.0164. The van der Waals surface area contributed by atoms with Gasteiger partial charge in [-0.3, -0.25) is 0 Å². The van der Waals surface area contributed by atoms with Gasteiger partial charge in [0.15, 0.2) is 0 Å². The van der Waals surface area contributed by atoms with Crippen LogP contribution in [-0.4, -0.2) is 30.6 Å². The number of rotatable bonds is 4. The zero-order chi connectivity index (χ0) is 19.8. The van der Waals surface area contributed by atoms with Gasteiger partial charge in [-0.1, -0.05) is 69.3 Å². The molecular weight excluding hydrogens is 352 g/mol. The molecule has 0 radical (unpaired) electrons. The summed E-state index contributed by atoms with van der Waals surface area (Å²) in [6.45, 7) is 7.52. The van der Waals surface area contributed by atoms with Crippen molar-refractivity contribution in [2.24, 2.45) is 0 Å². The molecule has 0 aliphatic carbocycles. The minimum absolute atomic E-state index is 0.0164. The predicted octanol–water partition coefficient (Wildman–Crippen LogP) is 5.05. The molecule has 1 heterocycles. The summed E-state index contributed by atoms with van der Waals surface area (Å²) < 4.78 is 0.816. The van der Waals surface area contributed by atoms with Crippen LogP contribution in [0, 0.1) is 0 Å². The van der Waals surface area contributed by atoms with Gasteiger partial charge in [0.05, 0.1) is 31.7 Å². The van der Waals surface area contributed by atoms with Crippen LogP contribution >= 0.6 is 11.3 Å². The summed E-state index contributed by atoms with van der Waals surface area (Å²) in [5, 5.41) is 13.0. The van der Waals surface area contributed by atoms with E-state index in [9.17, 15) is 5.11 Å². The first-order valence-corrected chi connectivity index (χ1v) is 10.0. The molecule has 27 heavy (non-hydrogen) atoms. The Hall–Kier alpha value is -2.17. The van der Waals surface area contributed by atoms with E-state index in [1.165, 1.54) is 5.56 Å². The van der Waals surface area contributed by atoms with Crippen LogP contribution in [0.25, 0.3) is 21.7 Å². The van der Waals surface area contributed by atoms with Crippen molar-refractivity contribution in [1.29, 1.82) is 0 Å². The van der Waals surface area contributed by atoms with Gasteiger partial charge in [0.2, 0.25) is 0 Å². The molecule has 1 aromatic heterocycles. The van der Waals surface area contributed by atoms with E-state index in [-0.39, 0.29) is 11.2 Å². The van der Waals surface area contributed by atoms with Crippen LogP contribution < -0.4 is 5.11 Å². The van der Waals surface area contributed by atoms with E-state index in [2.05, 4.69) is 66.2 Å². The minimum Gasteiger partial charge on any atom is -0.872 e. The molecule has 0 saturated heterocycles. The molecule has 0 aliphatic heterocycles. The average molecular weight is 381 g/mol. The lowest BCUT2D eigenvalue weighted by Crippen LogP contribution is -2.33. The maximum absolute atomic E-state index is 11.9. The van der Waals surface area contributed by atoms with Crippen molar-refractivity contribution >= 4 is 11.3 Å². The third kappa shape index (κ3) is 4.76. The highest BCUT2D eigenvalue weighted by molar-refractivity contribution is 7.15. The van der Waals surface area contributed by atoms with E-state index >= 15 is 0 Å². The van der Waals surface area contributed by atoms with E-state index in [0.29, 0.717) is 0 Å². The highest BCUT2D eigenvalue weighted by atomic mass is 32.1. The molecule has 4 heteroatoms. The van der Waals surface area contributed by atoms with E-state index in [1.807, 2.05) is 12.1 Å². The summed E-state index contributed by atoms with van der Waals surface area (Å²) in [6, 6.07) is 15.8. The lowest BCUT2D eigenvalue weighted by Gasteiger charge is -2.22. The molecule has 0 amide bonds. The molecule has 0 N–H and O–H groups in total. The fraction of sp³-hybridized carbons (Fsp3) is 0.348. The summed E-state index contributed by atoms with van der Waals surface area (Å²) >= 11 is 1.72. The van der Waals surface area contributed by atoms with Crippen LogP contribution in [0.5, 0.6) is 5.75 Å². The van der Waals surface area contributed by atoms with Gasteiger partial charge in [-0.05, 0) is 16.5 Å². The first kappa shape index (κ1) is 19.6. The van der Waals surface area contributed by atoms with Crippen LogP contribution in [0.4, 0.5) is 0 Å². The van der Waals surface area contributed by atoms with Crippen LogP contribution in [-0.2, 0) is 12.0 Å². The van der Waals surface area contributed by atoms with Crippen molar-refractivity contribution < 1.29 is 9.59 Å². The lowest BCUT2D eigenvalue weighted by atomic mass is 9.86. The third-order valence-electron chi connectivity index (χ3n) is 4.40. The van der Waals surface area contributed by atoms with Crippen LogP contribution in [0.3, 0.4) is 0 Å². The topological polar surface area (TPSA) is 36.0 Å². The molecule has 0 aliphatic rings. The molecule has 3 aromatic rings. The van der Waals surface area contributed by atoms with Gasteiger partial charge in [-0.15, -0.1) is 17.1 Å². The number of quaternary nitrogens is 1. The second-order valence-corrected chi connectivity index (χ2v) is 10.2. The summed E-state index contributed by atoms with van der Waals surface area (Å²) in [4.78, 5) is 6.05. The van der Waals surface area contributed by atoms with Crippen molar-refractivity contribution in [2.75, 3.05) is 21.1 Å². The van der Waals surface area contributed by atoms with E-state index in [0.717, 1.165) is 37.7 Å². The molecule has 0 spiro atoms. The van der Waals surface area contributed by atoms with Crippen molar-refractivity contribution in [3.8, 4) is 27.4 Å². The molecule has 0 fully saturated rings. The molecule has 0 saturated carbocycles. The van der Waals surface area contributed by atoms with Gasteiger partial charge in [-0.25, -0.2) is 4.98 Å². The zero-order valence-corrected chi connectivity index (χ0v) is 17.9.